The molecule has 1 N–H and O–H groups in total. The van der Waals surface area contributed by atoms with Crippen LogP contribution in [0.15, 0.2) is 45.4 Å². The molecule has 0 atom stereocenters. The monoisotopic (exact) mass is 430 g/mol. The largest absolute Gasteiger partial charge is 0.466 e. The third-order valence-electron chi connectivity index (χ3n) is 4.06. The van der Waals surface area contributed by atoms with E-state index in [0.29, 0.717) is 17.0 Å². The van der Waals surface area contributed by atoms with Crippen LogP contribution in [0.1, 0.15) is 38.8 Å². The third kappa shape index (κ3) is 8.12. The highest BCUT2D eigenvalue weighted by Crippen LogP contribution is 2.23. The topological polar surface area (TPSA) is 83.4 Å². The van der Waals surface area contributed by atoms with E-state index in [1.807, 2.05) is 12.1 Å². The van der Waals surface area contributed by atoms with Crippen molar-refractivity contribution in [2.24, 2.45) is 22.0 Å². The Morgan fingerprint density at radius 1 is 1.23 bits per heavy atom. The van der Waals surface area contributed by atoms with E-state index in [1.165, 1.54) is 12.7 Å². The maximum atomic E-state index is 11.8. The molecule has 0 aromatic heterocycles. The molecule has 0 saturated carbocycles. The van der Waals surface area contributed by atoms with E-state index in [4.69, 9.17) is 0 Å². The maximum Gasteiger partial charge on any atom is 0.331 e. The molecule has 0 aliphatic carbocycles. The van der Waals surface area contributed by atoms with Gasteiger partial charge < -0.3 is 4.74 Å². The number of hydrogen-bond acceptors (Lipinski definition) is 7. The minimum absolute atomic E-state index is 0.230. The van der Waals surface area contributed by atoms with E-state index in [1.54, 1.807) is 6.21 Å². The Bertz CT molecular complexity index is 837. The molecule has 1 amide bonds. The number of hydrogen-bond donors (Lipinski definition) is 1. The van der Waals surface area contributed by atoms with Crippen LogP contribution < -0.4 is 5.32 Å². The first-order chi connectivity index (χ1) is 14.3. The van der Waals surface area contributed by atoms with Crippen molar-refractivity contribution in [3.8, 4) is 0 Å². The van der Waals surface area contributed by atoms with Gasteiger partial charge in [0.25, 0.3) is 5.91 Å². The number of benzene rings is 1. The Balaban J connectivity index is 2.03. The Morgan fingerprint density at radius 2 is 1.93 bits per heavy atom. The van der Waals surface area contributed by atoms with Crippen LogP contribution in [0.3, 0.4) is 0 Å². The fourth-order valence-electron chi connectivity index (χ4n) is 3.06. The number of amides is 1. The molecule has 1 aliphatic heterocycles. The molecule has 162 valence electrons. The predicted octanol–water partition coefficient (Wildman–Crippen LogP) is 3.41. The van der Waals surface area contributed by atoms with Gasteiger partial charge in [-0.05, 0) is 40.8 Å². The highest BCUT2D eigenvalue weighted by Gasteiger charge is 2.25. The number of carbonyl (C=O) groups excluding carboxylic acids is 2. The van der Waals surface area contributed by atoms with Crippen molar-refractivity contribution in [2.75, 3.05) is 20.2 Å². The number of nitrogens with one attached hydrogen (secondary N) is 1. The molecule has 1 heterocycles. The van der Waals surface area contributed by atoms with Gasteiger partial charge in [0.2, 0.25) is 0 Å². The first-order valence-electron chi connectivity index (χ1n) is 9.98. The van der Waals surface area contributed by atoms with Crippen molar-refractivity contribution in [3.63, 3.8) is 0 Å². The summed E-state index contributed by atoms with van der Waals surface area (Å²) in [5.41, 5.74) is 2.16. The van der Waals surface area contributed by atoms with Gasteiger partial charge in [-0.15, -0.1) is 5.10 Å². The molecule has 0 radical (unpaired) electrons. The van der Waals surface area contributed by atoms with E-state index in [9.17, 15) is 9.59 Å². The van der Waals surface area contributed by atoms with Crippen molar-refractivity contribution in [2.45, 2.75) is 34.2 Å². The molecular weight excluding hydrogens is 400 g/mol. The summed E-state index contributed by atoms with van der Waals surface area (Å²) in [6.07, 6.45) is 2.79. The summed E-state index contributed by atoms with van der Waals surface area (Å²) in [6.45, 7) is 12.0. The highest BCUT2D eigenvalue weighted by molar-refractivity contribution is 8.18. The number of methoxy groups -OCH3 is 1. The van der Waals surface area contributed by atoms with Crippen LogP contribution in [-0.2, 0) is 20.9 Å². The van der Waals surface area contributed by atoms with E-state index < -0.39 is 11.9 Å². The lowest BCUT2D eigenvalue weighted by atomic mass is 10.1. The number of ether oxygens (including phenoxy) is 1. The van der Waals surface area contributed by atoms with Crippen LogP contribution in [0.25, 0.3) is 0 Å². The summed E-state index contributed by atoms with van der Waals surface area (Å²) in [5, 5.41) is 11.0. The number of carbonyl (C=O) groups is 2. The zero-order valence-electron chi connectivity index (χ0n) is 18.2. The second kappa shape index (κ2) is 11.7. The normalized spacial score (nSPS) is 17.1. The fourth-order valence-corrected chi connectivity index (χ4v) is 3.79. The lowest BCUT2D eigenvalue weighted by Gasteiger charge is -2.26. The van der Waals surface area contributed by atoms with Crippen LogP contribution >= 0.6 is 11.8 Å². The van der Waals surface area contributed by atoms with Crippen LogP contribution in [0, 0.1) is 11.8 Å². The molecule has 1 aromatic carbocycles. The van der Waals surface area contributed by atoms with Crippen molar-refractivity contribution in [1.29, 1.82) is 0 Å². The quantitative estimate of drug-likeness (QED) is 0.281. The number of rotatable bonds is 9. The van der Waals surface area contributed by atoms with Crippen LogP contribution in [0.5, 0.6) is 0 Å². The minimum atomic E-state index is -0.585. The van der Waals surface area contributed by atoms with Crippen LogP contribution in [0.2, 0.25) is 0 Å². The summed E-state index contributed by atoms with van der Waals surface area (Å²) in [6, 6.07) is 8.19. The Hall–Kier alpha value is -2.45. The number of esters is 1. The van der Waals surface area contributed by atoms with Crippen LogP contribution in [0.4, 0.5) is 0 Å². The van der Waals surface area contributed by atoms with Gasteiger partial charge in [0.15, 0.2) is 5.17 Å². The molecular formula is C22H30N4O3S. The lowest BCUT2D eigenvalue weighted by molar-refractivity contribution is -0.135. The molecule has 0 spiro atoms. The molecule has 0 unspecified atom stereocenters. The molecule has 0 bridgehead atoms. The maximum absolute atomic E-state index is 11.8. The van der Waals surface area contributed by atoms with Gasteiger partial charge in [0, 0.05) is 25.7 Å². The Kier molecular flexibility index (Phi) is 9.26. The Labute approximate surface area is 182 Å². The van der Waals surface area contributed by atoms with E-state index in [-0.39, 0.29) is 4.91 Å². The van der Waals surface area contributed by atoms with Crippen molar-refractivity contribution >= 4 is 35.0 Å². The van der Waals surface area contributed by atoms with E-state index in [2.05, 4.69) is 65.0 Å². The predicted molar refractivity (Wildman–Crippen MR) is 122 cm³/mol. The van der Waals surface area contributed by atoms with Gasteiger partial charge in [-0.1, -0.05) is 45.9 Å². The average Bonchev–Trinajstić information content (AvgIpc) is 3.00. The first kappa shape index (κ1) is 23.8. The third-order valence-corrected chi connectivity index (χ3v) is 4.96. The molecule has 7 nitrogen and oxygen atoms in total. The van der Waals surface area contributed by atoms with Gasteiger partial charge >= 0.3 is 5.97 Å². The standard InChI is InChI=1S/C22H30N4O3S/c1-15(2)12-26(13-16(3)4)14-18-8-6-7-17(9-18)11-23-25-22-24-21(28)19(30-22)10-20(27)29-5/h6-11,15-16H,12-14H2,1-5H3,(H,24,25,28)/b19-10+,23-11?. The second-order valence-corrected chi connectivity index (χ2v) is 9.00. The molecule has 1 aliphatic rings. The first-order valence-corrected chi connectivity index (χ1v) is 10.8. The summed E-state index contributed by atoms with van der Waals surface area (Å²) in [5.74, 6) is 0.248. The van der Waals surface area contributed by atoms with Gasteiger partial charge in [-0.3, -0.25) is 15.0 Å². The second-order valence-electron chi connectivity index (χ2n) is 7.96. The summed E-state index contributed by atoms with van der Waals surface area (Å²) < 4.78 is 4.53. The van der Waals surface area contributed by atoms with Gasteiger partial charge in [-0.25, -0.2) is 4.79 Å². The average molecular weight is 431 g/mol. The number of amidine groups is 1. The van der Waals surface area contributed by atoms with Gasteiger partial charge in [0.1, 0.15) is 0 Å². The summed E-state index contributed by atoms with van der Waals surface area (Å²) in [4.78, 5) is 25.8. The summed E-state index contributed by atoms with van der Waals surface area (Å²) in [7, 11) is 1.26. The summed E-state index contributed by atoms with van der Waals surface area (Å²) >= 11 is 1.05. The fraction of sp³-hybridized carbons (Fsp3) is 0.455. The highest BCUT2D eigenvalue weighted by atomic mass is 32.2. The lowest BCUT2D eigenvalue weighted by Crippen LogP contribution is -2.30. The van der Waals surface area contributed by atoms with Gasteiger partial charge in [-0.2, -0.15) is 5.10 Å². The Morgan fingerprint density at radius 3 is 2.57 bits per heavy atom. The van der Waals surface area contributed by atoms with Crippen molar-refractivity contribution in [3.05, 3.63) is 46.4 Å². The molecule has 1 fully saturated rings. The molecule has 8 heteroatoms. The molecule has 1 saturated heterocycles. The minimum Gasteiger partial charge on any atom is -0.466 e. The number of thioether (sulfide) groups is 1. The SMILES string of the molecule is COC(=O)/C=C1/S/C(=N\N=Cc2cccc(CN(CC(C)C)CC(C)C)c2)NC1=O. The van der Waals surface area contributed by atoms with Gasteiger partial charge in [0.05, 0.1) is 18.2 Å². The molecule has 30 heavy (non-hydrogen) atoms. The zero-order chi connectivity index (χ0) is 22.1. The zero-order valence-corrected chi connectivity index (χ0v) is 19.0. The van der Waals surface area contributed by atoms with E-state index in [0.717, 1.165) is 43.0 Å². The van der Waals surface area contributed by atoms with E-state index >= 15 is 0 Å². The number of nitrogens with zero attached hydrogens (tertiary/aromatic N) is 3. The van der Waals surface area contributed by atoms with Crippen LogP contribution in [-0.4, -0.2) is 48.4 Å². The van der Waals surface area contributed by atoms with Crippen molar-refractivity contribution < 1.29 is 14.3 Å². The molecule has 2 rings (SSSR count). The smallest absolute Gasteiger partial charge is 0.331 e. The molecule has 1 aromatic rings. The van der Waals surface area contributed by atoms with Crippen molar-refractivity contribution in [1.82, 2.24) is 10.2 Å².